The Hall–Kier alpha value is -2.87. The van der Waals surface area contributed by atoms with Gasteiger partial charge in [-0.05, 0) is 29.7 Å². The Balaban J connectivity index is 0.000000381. The lowest BCUT2D eigenvalue weighted by Crippen LogP contribution is -2.21. The van der Waals surface area contributed by atoms with Crippen molar-refractivity contribution in [3.05, 3.63) is 65.7 Å². The van der Waals surface area contributed by atoms with E-state index in [0.717, 1.165) is 12.1 Å². The van der Waals surface area contributed by atoms with Gasteiger partial charge in [0.2, 0.25) is 5.91 Å². The third kappa shape index (κ3) is 7.98. The molecule has 25 heavy (non-hydrogen) atoms. The summed E-state index contributed by atoms with van der Waals surface area (Å²) in [5, 5.41) is 9.84. The fourth-order valence-corrected chi connectivity index (χ4v) is 1.75. The van der Waals surface area contributed by atoms with Gasteiger partial charge in [0.15, 0.2) is 0 Å². The lowest BCUT2D eigenvalue weighted by atomic mass is 10.0. The van der Waals surface area contributed by atoms with Crippen LogP contribution in [-0.4, -0.2) is 29.7 Å². The number of carbonyl (C=O) groups excluding carboxylic acids is 1. The largest absolute Gasteiger partial charge is 0.490 e. The second kappa shape index (κ2) is 9.43. The van der Waals surface area contributed by atoms with E-state index in [9.17, 15) is 18.0 Å². The highest BCUT2D eigenvalue weighted by Gasteiger charge is 2.38. The van der Waals surface area contributed by atoms with Crippen LogP contribution in [0.3, 0.4) is 0 Å². The average molecular weight is 354 g/mol. The van der Waals surface area contributed by atoms with E-state index in [0.29, 0.717) is 0 Å². The minimum atomic E-state index is -5.08. The summed E-state index contributed by atoms with van der Waals surface area (Å²) in [5.41, 5.74) is 8.51. The van der Waals surface area contributed by atoms with E-state index in [1.54, 1.807) is 0 Å². The number of hydrogen-bond acceptors (Lipinski definition) is 3. The van der Waals surface area contributed by atoms with Gasteiger partial charge in [0, 0.05) is 5.69 Å². The van der Waals surface area contributed by atoms with Gasteiger partial charge < -0.3 is 16.2 Å². The van der Waals surface area contributed by atoms with Crippen molar-refractivity contribution in [2.45, 2.75) is 12.6 Å². The Labute approximate surface area is 142 Å². The molecule has 0 atom stereocenters. The van der Waals surface area contributed by atoms with E-state index in [2.05, 4.69) is 17.4 Å². The molecule has 1 amide bonds. The van der Waals surface area contributed by atoms with E-state index in [4.69, 9.17) is 15.6 Å². The summed E-state index contributed by atoms with van der Waals surface area (Å²) >= 11 is 0. The molecule has 0 saturated heterocycles. The van der Waals surface area contributed by atoms with Crippen LogP contribution in [0.15, 0.2) is 54.6 Å². The minimum Gasteiger partial charge on any atom is -0.475 e. The first-order valence-corrected chi connectivity index (χ1v) is 7.15. The molecule has 5 nitrogen and oxygen atoms in total. The zero-order valence-electron chi connectivity index (χ0n) is 13.1. The third-order valence-corrected chi connectivity index (χ3v) is 2.92. The Bertz CT molecular complexity index is 687. The molecule has 8 heteroatoms. The van der Waals surface area contributed by atoms with Crippen LogP contribution in [0.1, 0.15) is 11.1 Å². The molecular formula is C17H17F3N2O3. The van der Waals surface area contributed by atoms with Gasteiger partial charge >= 0.3 is 12.1 Å². The minimum absolute atomic E-state index is 0.00572. The molecule has 0 heterocycles. The molecule has 0 aliphatic heterocycles. The first-order valence-electron chi connectivity index (χ1n) is 7.15. The molecule has 2 aromatic carbocycles. The topological polar surface area (TPSA) is 92.4 Å². The molecule has 134 valence electrons. The van der Waals surface area contributed by atoms with E-state index in [1.807, 2.05) is 42.5 Å². The van der Waals surface area contributed by atoms with Crippen molar-refractivity contribution < 1.29 is 27.9 Å². The maximum atomic E-state index is 11.1. The highest BCUT2D eigenvalue weighted by molar-refractivity contribution is 5.92. The number of carboxylic acids is 1. The molecule has 2 rings (SSSR count). The number of anilines is 1. The van der Waals surface area contributed by atoms with E-state index in [-0.39, 0.29) is 12.5 Å². The number of carbonyl (C=O) groups is 2. The van der Waals surface area contributed by atoms with Gasteiger partial charge in [0.05, 0.1) is 6.54 Å². The summed E-state index contributed by atoms with van der Waals surface area (Å²) in [5.74, 6) is -2.93. The van der Waals surface area contributed by atoms with Crippen molar-refractivity contribution in [3.63, 3.8) is 0 Å². The number of benzene rings is 2. The zero-order valence-corrected chi connectivity index (χ0v) is 13.1. The molecule has 0 aliphatic carbocycles. The van der Waals surface area contributed by atoms with Crippen molar-refractivity contribution in [2.75, 3.05) is 11.9 Å². The van der Waals surface area contributed by atoms with Crippen molar-refractivity contribution in [2.24, 2.45) is 5.73 Å². The Morgan fingerprint density at radius 3 is 1.88 bits per heavy atom. The number of nitrogens with one attached hydrogen (secondary N) is 1. The van der Waals surface area contributed by atoms with Gasteiger partial charge in [-0.15, -0.1) is 0 Å². The van der Waals surface area contributed by atoms with E-state index < -0.39 is 12.1 Å². The van der Waals surface area contributed by atoms with Crippen LogP contribution in [0.2, 0.25) is 0 Å². The fourth-order valence-electron chi connectivity index (χ4n) is 1.75. The normalized spacial score (nSPS) is 10.4. The van der Waals surface area contributed by atoms with Crippen LogP contribution in [0.5, 0.6) is 0 Å². The van der Waals surface area contributed by atoms with Gasteiger partial charge in [-0.25, -0.2) is 4.79 Å². The van der Waals surface area contributed by atoms with Gasteiger partial charge in [0.1, 0.15) is 0 Å². The number of halogens is 3. The first kappa shape index (κ1) is 20.2. The van der Waals surface area contributed by atoms with Crippen molar-refractivity contribution in [3.8, 4) is 0 Å². The van der Waals surface area contributed by atoms with Gasteiger partial charge in [0.25, 0.3) is 0 Å². The molecule has 0 bridgehead atoms. The summed E-state index contributed by atoms with van der Waals surface area (Å²) in [6, 6.07) is 18.1. The second-order valence-corrected chi connectivity index (χ2v) is 4.91. The average Bonchev–Trinajstić information content (AvgIpc) is 2.57. The molecule has 0 spiro atoms. The summed E-state index contributed by atoms with van der Waals surface area (Å²) in [6.45, 7) is 0.00572. The van der Waals surface area contributed by atoms with E-state index >= 15 is 0 Å². The van der Waals surface area contributed by atoms with Gasteiger partial charge in [-0.3, -0.25) is 4.79 Å². The van der Waals surface area contributed by atoms with Crippen molar-refractivity contribution in [1.82, 2.24) is 0 Å². The molecule has 0 aliphatic rings. The summed E-state index contributed by atoms with van der Waals surface area (Å²) in [7, 11) is 0. The standard InChI is InChI=1S/C15H16N2O.C2HF3O2/c16-11-15(18)17-14-8-6-13(7-9-14)10-12-4-2-1-3-5-12;3-2(4,5)1(6)7/h1-9H,10-11,16H2,(H,17,18);(H,6,7). The zero-order chi connectivity index (χ0) is 18.9. The van der Waals surface area contributed by atoms with E-state index in [1.165, 1.54) is 11.1 Å². The summed E-state index contributed by atoms with van der Waals surface area (Å²) < 4.78 is 31.7. The smallest absolute Gasteiger partial charge is 0.475 e. The van der Waals surface area contributed by atoms with Gasteiger partial charge in [-0.1, -0.05) is 42.5 Å². The summed E-state index contributed by atoms with van der Waals surface area (Å²) in [6.07, 6.45) is -4.19. The Morgan fingerprint density at radius 2 is 1.44 bits per heavy atom. The van der Waals surface area contributed by atoms with Crippen LogP contribution in [0.4, 0.5) is 18.9 Å². The van der Waals surface area contributed by atoms with Crippen LogP contribution in [-0.2, 0) is 16.0 Å². The quantitative estimate of drug-likeness (QED) is 0.787. The van der Waals surface area contributed by atoms with Crippen molar-refractivity contribution >= 4 is 17.6 Å². The van der Waals surface area contributed by atoms with Crippen LogP contribution in [0.25, 0.3) is 0 Å². The predicted octanol–water partition coefficient (Wildman–Crippen LogP) is 2.81. The van der Waals surface area contributed by atoms with Crippen LogP contribution < -0.4 is 11.1 Å². The number of hydrogen-bond donors (Lipinski definition) is 3. The molecule has 0 saturated carbocycles. The maximum Gasteiger partial charge on any atom is 0.490 e. The number of rotatable bonds is 4. The highest BCUT2D eigenvalue weighted by atomic mass is 19.4. The summed E-state index contributed by atoms with van der Waals surface area (Å²) in [4.78, 5) is 20.0. The Morgan fingerprint density at radius 1 is 0.960 bits per heavy atom. The molecule has 0 radical (unpaired) electrons. The van der Waals surface area contributed by atoms with Crippen LogP contribution in [0, 0.1) is 0 Å². The maximum absolute atomic E-state index is 11.1. The van der Waals surface area contributed by atoms with Crippen molar-refractivity contribution in [1.29, 1.82) is 0 Å². The molecule has 2 aromatic rings. The number of amides is 1. The van der Waals surface area contributed by atoms with Gasteiger partial charge in [-0.2, -0.15) is 13.2 Å². The first-order chi connectivity index (χ1) is 11.7. The second-order valence-electron chi connectivity index (χ2n) is 4.91. The third-order valence-electron chi connectivity index (χ3n) is 2.92. The SMILES string of the molecule is NCC(=O)Nc1ccc(Cc2ccccc2)cc1.O=C(O)C(F)(F)F. The number of carboxylic acid groups (broad SMARTS) is 1. The number of aliphatic carboxylic acids is 1. The molecular weight excluding hydrogens is 337 g/mol. The lowest BCUT2D eigenvalue weighted by Gasteiger charge is -2.05. The molecule has 4 N–H and O–H groups in total. The Kier molecular flexibility index (Phi) is 7.61. The molecule has 0 aromatic heterocycles. The highest BCUT2D eigenvalue weighted by Crippen LogP contribution is 2.14. The van der Waals surface area contributed by atoms with Crippen LogP contribution >= 0.6 is 0 Å². The number of alkyl halides is 3. The lowest BCUT2D eigenvalue weighted by molar-refractivity contribution is -0.192. The molecule has 0 fully saturated rings. The fraction of sp³-hybridized carbons (Fsp3) is 0.176. The monoisotopic (exact) mass is 354 g/mol. The predicted molar refractivity (Wildman–Crippen MR) is 87.1 cm³/mol. The number of nitrogens with two attached hydrogens (primary N) is 1. The molecule has 0 unspecified atom stereocenters.